The van der Waals surface area contributed by atoms with Crippen LogP contribution in [0.25, 0.3) is 0 Å². The van der Waals surface area contributed by atoms with Crippen LogP contribution in [0.2, 0.25) is 0 Å². The zero-order valence-electron chi connectivity index (χ0n) is 11.5. The Morgan fingerprint density at radius 1 is 1.53 bits per heavy atom. The number of carbonyl (C=O) groups is 1. The monoisotopic (exact) mass is 264 g/mol. The first-order valence-electron chi connectivity index (χ1n) is 6.89. The smallest absolute Gasteiger partial charge is 0.219 e. The van der Waals surface area contributed by atoms with Crippen molar-refractivity contribution in [2.24, 2.45) is 0 Å². The van der Waals surface area contributed by atoms with E-state index in [0.717, 1.165) is 30.5 Å². The number of aryl methyl sites for hydroxylation is 1. The van der Waals surface area contributed by atoms with Crippen LogP contribution in [0.4, 0.5) is 4.39 Å². The van der Waals surface area contributed by atoms with Crippen molar-refractivity contribution >= 4 is 5.91 Å². The first kappa shape index (κ1) is 14.0. The summed E-state index contributed by atoms with van der Waals surface area (Å²) in [5.74, 6) is -0.102. The van der Waals surface area contributed by atoms with Gasteiger partial charge >= 0.3 is 0 Å². The van der Waals surface area contributed by atoms with Crippen molar-refractivity contribution in [3.63, 3.8) is 0 Å². The second-order valence-corrected chi connectivity index (χ2v) is 5.15. The van der Waals surface area contributed by atoms with Crippen LogP contribution in [0.3, 0.4) is 0 Å². The third-order valence-corrected chi connectivity index (χ3v) is 3.70. The number of piperidine rings is 1. The lowest BCUT2D eigenvalue weighted by atomic mass is 9.91. The standard InChI is InChI=1S/C15H21FN2O/c1-3-15(19)18-12-6-7-17-14(9-12)13-5-4-11(16)8-10(13)2/h4-5,8,12,14,17H,3,6-7,9H2,1-2H3,(H,18,19)/t12-,14+/m1/s1. The number of hydrogen-bond donors (Lipinski definition) is 2. The van der Waals surface area contributed by atoms with E-state index in [-0.39, 0.29) is 23.8 Å². The van der Waals surface area contributed by atoms with Gasteiger partial charge in [-0.05, 0) is 49.6 Å². The molecule has 104 valence electrons. The highest BCUT2D eigenvalue weighted by molar-refractivity contribution is 5.75. The van der Waals surface area contributed by atoms with E-state index in [0.29, 0.717) is 6.42 Å². The summed E-state index contributed by atoms with van der Waals surface area (Å²) in [7, 11) is 0. The van der Waals surface area contributed by atoms with Gasteiger partial charge in [-0.25, -0.2) is 4.39 Å². The fourth-order valence-electron chi connectivity index (χ4n) is 2.65. The third kappa shape index (κ3) is 3.53. The summed E-state index contributed by atoms with van der Waals surface area (Å²) >= 11 is 0. The van der Waals surface area contributed by atoms with Gasteiger partial charge in [-0.15, -0.1) is 0 Å². The Hall–Kier alpha value is -1.42. The van der Waals surface area contributed by atoms with Crippen LogP contribution in [0, 0.1) is 12.7 Å². The van der Waals surface area contributed by atoms with Crippen molar-refractivity contribution in [1.82, 2.24) is 10.6 Å². The average Bonchev–Trinajstić information content (AvgIpc) is 2.39. The van der Waals surface area contributed by atoms with Crippen LogP contribution in [-0.2, 0) is 4.79 Å². The minimum absolute atomic E-state index is 0.0986. The topological polar surface area (TPSA) is 41.1 Å². The van der Waals surface area contributed by atoms with Crippen molar-refractivity contribution in [2.75, 3.05) is 6.54 Å². The van der Waals surface area contributed by atoms with Crippen molar-refractivity contribution in [1.29, 1.82) is 0 Å². The van der Waals surface area contributed by atoms with Crippen molar-refractivity contribution < 1.29 is 9.18 Å². The Kier molecular flexibility index (Phi) is 4.53. The number of rotatable bonds is 3. The second kappa shape index (κ2) is 6.15. The van der Waals surface area contributed by atoms with E-state index >= 15 is 0 Å². The van der Waals surface area contributed by atoms with Gasteiger partial charge in [-0.3, -0.25) is 4.79 Å². The van der Waals surface area contributed by atoms with Crippen LogP contribution < -0.4 is 10.6 Å². The normalized spacial score (nSPS) is 23.1. The molecule has 0 aliphatic carbocycles. The number of carbonyl (C=O) groups excluding carboxylic acids is 1. The summed E-state index contributed by atoms with van der Waals surface area (Å²) in [5, 5.41) is 6.49. The van der Waals surface area contributed by atoms with E-state index in [1.807, 2.05) is 19.9 Å². The molecule has 0 radical (unpaired) electrons. The van der Waals surface area contributed by atoms with Crippen LogP contribution in [0.1, 0.15) is 43.4 Å². The highest BCUT2D eigenvalue weighted by Gasteiger charge is 2.24. The molecule has 0 aromatic heterocycles. The molecule has 1 aliphatic rings. The maximum absolute atomic E-state index is 13.1. The van der Waals surface area contributed by atoms with E-state index in [2.05, 4.69) is 10.6 Å². The lowest BCUT2D eigenvalue weighted by Gasteiger charge is -2.32. The largest absolute Gasteiger partial charge is 0.353 e. The Bertz CT molecular complexity index is 461. The van der Waals surface area contributed by atoms with Gasteiger partial charge in [-0.2, -0.15) is 0 Å². The Labute approximate surface area is 113 Å². The SMILES string of the molecule is CCC(=O)N[C@@H]1CCN[C@H](c2ccc(F)cc2C)C1. The molecule has 4 heteroatoms. The summed E-state index contributed by atoms with van der Waals surface area (Å²) < 4.78 is 13.1. The van der Waals surface area contributed by atoms with E-state index in [1.54, 1.807) is 6.07 Å². The second-order valence-electron chi connectivity index (χ2n) is 5.15. The summed E-state index contributed by atoms with van der Waals surface area (Å²) in [6.07, 6.45) is 2.32. The minimum atomic E-state index is -0.201. The molecule has 0 spiro atoms. The third-order valence-electron chi connectivity index (χ3n) is 3.70. The quantitative estimate of drug-likeness (QED) is 0.880. The molecule has 1 heterocycles. The molecule has 19 heavy (non-hydrogen) atoms. The number of benzene rings is 1. The Morgan fingerprint density at radius 2 is 2.32 bits per heavy atom. The molecule has 1 saturated heterocycles. The molecular formula is C15H21FN2O. The summed E-state index contributed by atoms with van der Waals surface area (Å²) in [5.41, 5.74) is 2.08. The van der Waals surface area contributed by atoms with Gasteiger partial charge in [0.05, 0.1) is 0 Å². The lowest BCUT2D eigenvalue weighted by Crippen LogP contribution is -2.44. The first-order valence-corrected chi connectivity index (χ1v) is 6.89. The van der Waals surface area contributed by atoms with Crippen LogP contribution in [0.15, 0.2) is 18.2 Å². The van der Waals surface area contributed by atoms with Crippen LogP contribution in [-0.4, -0.2) is 18.5 Å². The average molecular weight is 264 g/mol. The highest BCUT2D eigenvalue weighted by atomic mass is 19.1. The fourth-order valence-corrected chi connectivity index (χ4v) is 2.65. The molecule has 1 aliphatic heterocycles. The highest BCUT2D eigenvalue weighted by Crippen LogP contribution is 2.26. The van der Waals surface area contributed by atoms with Gasteiger partial charge < -0.3 is 10.6 Å². The molecule has 0 bridgehead atoms. The van der Waals surface area contributed by atoms with Gasteiger partial charge in [0.25, 0.3) is 0 Å². The van der Waals surface area contributed by atoms with Crippen molar-refractivity contribution in [3.05, 3.63) is 35.1 Å². The van der Waals surface area contributed by atoms with Crippen molar-refractivity contribution in [2.45, 2.75) is 45.2 Å². The molecule has 0 unspecified atom stereocenters. The predicted molar refractivity (Wildman–Crippen MR) is 73.3 cm³/mol. The number of hydrogen-bond acceptors (Lipinski definition) is 2. The summed E-state index contributed by atoms with van der Waals surface area (Å²) in [6.45, 7) is 4.66. The van der Waals surface area contributed by atoms with Crippen molar-refractivity contribution in [3.8, 4) is 0 Å². The summed E-state index contributed by atoms with van der Waals surface area (Å²) in [4.78, 5) is 11.5. The molecule has 1 aromatic rings. The summed E-state index contributed by atoms with van der Waals surface area (Å²) in [6, 6.07) is 5.30. The molecule has 1 aromatic carbocycles. The number of nitrogens with one attached hydrogen (secondary N) is 2. The maximum Gasteiger partial charge on any atom is 0.219 e. The molecule has 2 atom stereocenters. The van der Waals surface area contributed by atoms with Gasteiger partial charge in [0.15, 0.2) is 0 Å². The molecular weight excluding hydrogens is 243 g/mol. The molecule has 0 saturated carbocycles. The van der Waals surface area contributed by atoms with Crippen LogP contribution >= 0.6 is 0 Å². The predicted octanol–water partition coefficient (Wildman–Crippen LogP) is 2.45. The lowest BCUT2D eigenvalue weighted by molar-refractivity contribution is -0.121. The van der Waals surface area contributed by atoms with Gasteiger partial charge in [0, 0.05) is 18.5 Å². The zero-order valence-corrected chi connectivity index (χ0v) is 11.5. The Balaban J connectivity index is 2.06. The minimum Gasteiger partial charge on any atom is -0.353 e. The number of amides is 1. The Morgan fingerprint density at radius 3 is 3.00 bits per heavy atom. The maximum atomic E-state index is 13.1. The van der Waals surface area contributed by atoms with E-state index in [9.17, 15) is 9.18 Å². The van der Waals surface area contributed by atoms with E-state index in [4.69, 9.17) is 0 Å². The zero-order chi connectivity index (χ0) is 13.8. The molecule has 1 fully saturated rings. The molecule has 2 rings (SSSR count). The van der Waals surface area contributed by atoms with Gasteiger partial charge in [0.2, 0.25) is 5.91 Å². The van der Waals surface area contributed by atoms with E-state index in [1.165, 1.54) is 6.07 Å². The fraction of sp³-hybridized carbons (Fsp3) is 0.533. The number of halogens is 1. The van der Waals surface area contributed by atoms with Gasteiger partial charge in [-0.1, -0.05) is 13.0 Å². The molecule has 1 amide bonds. The van der Waals surface area contributed by atoms with Crippen LogP contribution in [0.5, 0.6) is 0 Å². The molecule has 3 nitrogen and oxygen atoms in total. The van der Waals surface area contributed by atoms with E-state index < -0.39 is 0 Å². The van der Waals surface area contributed by atoms with Gasteiger partial charge in [0.1, 0.15) is 5.82 Å². The molecule has 2 N–H and O–H groups in total. The first-order chi connectivity index (χ1) is 9.10.